The molecular weight excluding hydrogens is 296 g/mol. The number of ether oxygens (including phenoxy) is 2. The van der Waals surface area contributed by atoms with Gasteiger partial charge in [-0.2, -0.15) is 0 Å². The maximum atomic E-state index is 11.8. The first-order valence-corrected chi connectivity index (χ1v) is 8.61. The number of rotatable bonds is 8. The van der Waals surface area contributed by atoms with E-state index in [0.717, 1.165) is 26.1 Å². The van der Waals surface area contributed by atoms with E-state index in [1.807, 2.05) is 20.8 Å². The van der Waals surface area contributed by atoms with Gasteiger partial charge in [0.15, 0.2) is 0 Å². The lowest BCUT2D eigenvalue weighted by Crippen LogP contribution is -2.53. The number of likely N-dealkylation sites (tertiary alicyclic amines) is 1. The average molecular weight is 328 g/mol. The number of amides is 1. The number of esters is 1. The molecule has 1 rings (SSSR count). The van der Waals surface area contributed by atoms with Gasteiger partial charge >= 0.3 is 12.1 Å². The van der Waals surface area contributed by atoms with Crippen molar-refractivity contribution in [3.05, 3.63) is 0 Å². The maximum absolute atomic E-state index is 11.8. The van der Waals surface area contributed by atoms with Crippen LogP contribution in [0.5, 0.6) is 0 Å². The number of carbonyl (C=O) groups is 2. The lowest BCUT2D eigenvalue weighted by Gasteiger charge is -2.39. The van der Waals surface area contributed by atoms with Crippen LogP contribution in [0, 0.1) is 5.92 Å². The smallest absolute Gasteiger partial charge is 0.410 e. The first-order chi connectivity index (χ1) is 10.7. The summed E-state index contributed by atoms with van der Waals surface area (Å²) in [6.07, 6.45) is 0.994. The lowest BCUT2D eigenvalue weighted by atomic mass is 10.0. The van der Waals surface area contributed by atoms with Crippen LogP contribution in [0.2, 0.25) is 0 Å². The second-order valence-corrected chi connectivity index (χ2v) is 7.06. The van der Waals surface area contributed by atoms with Crippen molar-refractivity contribution in [2.24, 2.45) is 5.92 Å². The molecule has 0 radical (unpaired) electrons. The molecule has 6 nitrogen and oxygen atoms in total. The summed E-state index contributed by atoms with van der Waals surface area (Å²) in [6.45, 7) is 14.3. The van der Waals surface area contributed by atoms with Gasteiger partial charge in [-0.1, -0.05) is 13.8 Å². The van der Waals surface area contributed by atoms with E-state index in [-0.39, 0.29) is 18.0 Å². The Labute approximate surface area is 140 Å². The van der Waals surface area contributed by atoms with Crippen LogP contribution in [-0.2, 0) is 14.3 Å². The zero-order chi connectivity index (χ0) is 17.5. The minimum atomic E-state index is -0.473. The fraction of sp³-hybridized carbons (Fsp3) is 0.882. The highest BCUT2D eigenvalue weighted by molar-refractivity contribution is 5.70. The van der Waals surface area contributed by atoms with Crippen molar-refractivity contribution in [2.75, 3.05) is 39.3 Å². The molecule has 23 heavy (non-hydrogen) atoms. The fourth-order valence-corrected chi connectivity index (χ4v) is 2.42. The van der Waals surface area contributed by atoms with E-state index in [4.69, 9.17) is 9.47 Å². The highest BCUT2D eigenvalue weighted by Crippen LogP contribution is 2.19. The molecule has 0 aromatic heterocycles. The van der Waals surface area contributed by atoms with Gasteiger partial charge in [-0.25, -0.2) is 4.79 Å². The molecule has 0 aromatic rings. The van der Waals surface area contributed by atoms with Crippen LogP contribution < -0.4 is 0 Å². The number of carbonyl (C=O) groups excluding carboxylic acids is 2. The Morgan fingerprint density at radius 1 is 1.17 bits per heavy atom. The Hall–Kier alpha value is -1.30. The Balaban J connectivity index is 2.09. The molecule has 0 spiro atoms. The summed E-state index contributed by atoms with van der Waals surface area (Å²) >= 11 is 0. The van der Waals surface area contributed by atoms with Gasteiger partial charge in [0.05, 0.1) is 6.61 Å². The van der Waals surface area contributed by atoms with Gasteiger partial charge < -0.3 is 19.3 Å². The van der Waals surface area contributed by atoms with Crippen molar-refractivity contribution in [3.8, 4) is 0 Å². The van der Waals surface area contributed by atoms with Gasteiger partial charge in [0.25, 0.3) is 0 Å². The molecule has 1 aliphatic heterocycles. The van der Waals surface area contributed by atoms with E-state index in [2.05, 4.69) is 18.7 Å². The normalized spacial score (nSPS) is 15.5. The molecule has 0 atom stereocenters. The van der Waals surface area contributed by atoms with Gasteiger partial charge in [-0.05, 0) is 46.8 Å². The quantitative estimate of drug-likeness (QED) is 0.641. The third kappa shape index (κ3) is 7.68. The molecule has 1 heterocycles. The van der Waals surface area contributed by atoms with Crippen molar-refractivity contribution in [1.29, 1.82) is 0 Å². The van der Waals surface area contributed by atoms with Crippen LogP contribution in [0.15, 0.2) is 0 Å². The minimum absolute atomic E-state index is 0.145. The topological polar surface area (TPSA) is 59.1 Å². The fourth-order valence-electron chi connectivity index (χ4n) is 2.42. The van der Waals surface area contributed by atoms with E-state index in [0.29, 0.717) is 26.1 Å². The second kappa shape index (κ2) is 9.11. The van der Waals surface area contributed by atoms with E-state index in [1.165, 1.54) is 0 Å². The zero-order valence-corrected chi connectivity index (χ0v) is 15.3. The van der Waals surface area contributed by atoms with Crippen molar-refractivity contribution in [3.63, 3.8) is 0 Å². The highest BCUT2D eigenvalue weighted by Gasteiger charge is 2.34. The summed E-state index contributed by atoms with van der Waals surface area (Å²) in [5.41, 5.74) is -0.473. The van der Waals surface area contributed by atoms with Gasteiger partial charge in [0.1, 0.15) is 5.60 Å². The molecule has 1 aliphatic rings. The van der Waals surface area contributed by atoms with Crippen molar-refractivity contribution >= 4 is 12.1 Å². The summed E-state index contributed by atoms with van der Waals surface area (Å²) in [4.78, 5) is 27.4. The average Bonchev–Trinajstić information content (AvgIpc) is 2.39. The minimum Gasteiger partial charge on any atom is -0.465 e. The highest BCUT2D eigenvalue weighted by atomic mass is 16.6. The Morgan fingerprint density at radius 2 is 1.78 bits per heavy atom. The third-order valence-electron chi connectivity index (χ3n) is 3.84. The molecule has 0 unspecified atom stereocenters. The van der Waals surface area contributed by atoms with Crippen molar-refractivity contribution < 1.29 is 19.1 Å². The zero-order valence-electron chi connectivity index (χ0n) is 15.3. The van der Waals surface area contributed by atoms with Gasteiger partial charge in [0.2, 0.25) is 0 Å². The van der Waals surface area contributed by atoms with Crippen LogP contribution in [0.3, 0.4) is 0 Å². The van der Waals surface area contributed by atoms with E-state index >= 15 is 0 Å². The molecule has 0 saturated carbocycles. The maximum Gasteiger partial charge on any atom is 0.410 e. The molecule has 0 N–H and O–H groups in total. The molecule has 6 heteroatoms. The Morgan fingerprint density at radius 3 is 2.30 bits per heavy atom. The van der Waals surface area contributed by atoms with Gasteiger partial charge in [0, 0.05) is 25.4 Å². The van der Waals surface area contributed by atoms with E-state index in [1.54, 1.807) is 4.90 Å². The summed E-state index contributed by atoms with van der Waals surface area (Å²) in [7, 11) is 0. The van der Waals surface area contributed by atoms with Crippen LogP contribution in [0.4, 0.5) is 4.79 Å². The van der Waals surface area contributed by atoms with E-state index < -0.39 is 5.60 Å². The lowest BCUT2D eigenvalue weighted by molar-refractivity contribution is -0.146. The molecular formula is C17H32N2O4. The first kappa shape index (κ1) is 19.7. The van der Waals surface area contributed by atoms with Crippen molar-refractivity contribution in [2.45, 2.75) is 53.1 Å². The van der Waals surface area contributed by atoms with Crippen LogP contribution in [0.25, 0.3) is 0 Å². The monoisotopic (exact) mass is 328 g/mol. The molecule has 0 aromatic carbocycles. The van der Waals surface area contributed by atoms with E-state index in [9.17, 15) is 9.59 Å². The Bertz CT molecular complexity index is 383. The summed E-state index contributed by atoms with van der Waals surface area (Å²) < 4.78 is 10.6. The van der Waals surface area contributed by atoms with Crippen LogP contribution in [-0.4, -0.2) is 66.8 Å². The Kier molecular flexibility index (Phi) is 7.82. The summed E-state index contributed by atoms with van der Waals surface area (Å²) in [6, 6.07) is 0. The standard InChI is InChI=1S/C17H32N2O4/c1-6-18(7-2)10-8-9-15(20)22-13-14-11-19(12-14)16(21)23-17(3,4)5/h14H,6-13H2,1-5H3. The molecule has 1 amide bonds. The van der Waals surface area contributed by atoms with Gasteiger partial charge in [-0.15, -0.1) is 0 Å². The predicted octanol–water partition coefficient (Wildman–Crippen LogP) is 2.52. The van der Waals surface area contributed by atoms with Gasteiger partial charge in [-0.3, -0.25) is 4.79 Å². The molecule has 1 fully saturated rings. The second-order valence-electron chi connectivity index (χ2n) is 7.06. The third-order valence-corrected chi connectivity index (χ3v) is 3.84. The summed E-state index contributed by atoms with van der Waals surface area (Å²) in [5, 5.41) is 0. The number of hydrogen-bond acceptors (Lipinski definition) is 5. The number of hydrogen-bond donors (Lipinski definition) is 0. The number of nitrogens with zero attached hydrogens (tertiary/aromatic N) is 2. The predicted molar refractivity (Wildman–Crippen MR) is 89.3 cm³/mol. The van der Waals surface area contributed by atoms with Crippen molar-refractivity contribution in [1.82, 2.24) is 9.80 Å². The molecule has 0 aliphatic carbocycles. The molecule has 134 valence electrons. The summed E-state index contributed by atoms with van der Waals surface area (Å²) in [5.74, 6) is 0.0853. The van der Waals surface area contributed by atoms with Crippen LogP contribution >= 0.6 is 0 Å². The molecule has 0 bridgehead atoms. The first-order valence-electron chi connectivity index (χ1n) is 8.61. The largest absolute Gasteiger partial charge is 0.465 e. The molecule has 1 saturated heterocycles. The van der Waals surface area contributed by atoms with Crippen LogP contribution in [0.1, 0.15) is 47.5 Å². The SMILES string of the molecule is CCN(CC)CCCC(=O)OCC1CN(C(=O)OC(C)(C)C)C1.